The van der Waals surface area contributed by atoms with Gasteiger partial charge in [-0.05, 0) is 18.4 Å². The topological polar surface area (TPSA) is 23.5 Å². The molecule has 2 rings (SSSR count). The van der Waals surface area contributed by atoms with E-state index in [2.05, 4.69) is 12.2 Å². The summed E-state index contributed by atoms with van der Waals surface area (Å²) in [7, 11) is 0. The molecule has 2 aliphatic rings. The number of hydrogen-bond donors (Lipinski definition) is 1. The molecule has 84 valence electrons. The number of aliphatic hydroxyl groups excluding tert-OH is 1. The summed E-state index contributed by atoms with van der Waals surface area (Å²) in [6, 6.07) is 0. The molecule has 0 radical (unpaired) electrons. The molecule has 1 heterocycles. The number of nitrogens with zero attached hydrogens (tertiary/aromatic N) is 1. The van der Waals surface area contributed by atoms with Crippen LogP contribution in [0.4, 0.5) is 8.78 Å². The van der Waals surface area contributed by atoms with Gasteiger partial charge in [-0.15, -0.1) is 0 Å². The van der Waals surface area contributed by atoms with Gasteiger partial charge in [-0.3, -0.25) is 4.90 Å². The Balaban J connectivity index is 1.92. The predicted octanol–water partition coefficient (Wildman–Crippen LogP) is 1.57. The van der Waals surface area contributed by atoms with Crippen molar-refractivity contribution in [1.82, 2.24) is 4.90 Å². The molecule has 4 heteroatoms. The van der Waals surface area contributed by atoms with Crippen molar-refractivity contribution in [3.05, 3.63) is 23.8 Å². The predicted molar refractivity (Wildman–Crippen MR) is 53.9 cm³/mol. The second-order valence-electron chi connectivity index (χ2n) is 4.21. The molecule has 0 aromatic rings. The van der Waals surface area contributed by atoms with Crippen LogP contribution in [0.2, 0.25) is 0 Å². The van der Waals surface area contributed by atoms with Gasteiger partial charge in [0.15, 0.2) is 0 Å². The molecule has 1 unspecified atom stereocenters. The van der Waals surface area contributed by atoms with Crippen molar-refractivity contribution in [2.45, 2.75) is 24.9 Å². The molecule has 0 amide bonds. The maximum atomic E-state index is 13.0. The first-order valence-corrected chi connectivity index (χ1v) is 5.22. The Bertz CT molecular complexity index is 299. The van der Waals surface area contributed by atoms with E-state index in [1.165, 1.54) is 0 Å². The van der Waals surface area contributed by atoms with Crippen LogP contribution in [-0.4, -0.2) is 41.7 Å². The third-order valence-electron chi connectivity index (χ3n) is 2.83. The van der Waals surface area contributed by atoms with Crippen molar-refractivity contribution >= 4 is 0 Å². The van der Waals surface area contributed by atoms with Crippen LogP contribution in [0, 0.1) is 0 Å². The van der Waals surface area contributed by atoms with E-state index in [0.717, 1.165) is 18.4 Å². The first-order valence-electron chi connectivity index (χ1n) is 5.22. The van der Waals surface area contributed by atoms with E-state index >= 15 is 0 Å². The average molecular weight is 215 g/mol. The molecule has 1 saturated heterocycles. The summed E-state index contributed by atoms with van der Waals surface area (Å²) in [5.74, 6) is -2.95. The number of alkyl halides is 2. The fraction of sp³-hybridized carbons (Fsp3) is 0.636. The van der Waals surface area contributed by atoms with Crippen LogP contribution in [-0.2, 0) is 0 Å². The molecule has 0 spiro atoms. The van der Waals surface area contributed by atoms with Gasteiger partial charge < -0.3 is 5.11 Å². The SMILES string of the molecule is OC1CN(CC2=CCCC=C2)CC1(F)F. The molecule has 0 aromatic carbocycles. The van der Waals surface area contributed by atoms with Crippen molar-refractivity contribution in [3.8, 4) is 0 Å². The minimum atomic E-state index is -2.95. The highest BCUT2D eigenvalue weighted by Crippen LogP contribution is 2.28. The Kier molecular flexibility index (Phi) is 2.89. The largest absolute Gasteiger partial charge is 0.385 e. The zero-order valence-electron chi connectivity index (χ0n) is 8.50. The van der Waals surface area contributed by atoms with Crippen molar-refractivity contribution in [1.29, 1.82) is 0 Å². The van der Waals surface area contributed by atoms with Gasteiger partial charge in [0.2, 0.25) is 0 Å². The first kappa shape index (κ1) is 10.8. The van der Waals surface area contributed by atoms with Gasteiger partial charge in [0.25, 0.3) is 5.92 Å². The number of rotatable bonds is 2. The number of allylic oxidation sites excluding steroid dienone is 2. The number of likely N-dealkylation sites (tertiary alicyclic amines) is 1. The number of halogens is 2. The van der Waals surface area contributed by atoms with E-state index in [0.29, 0.717) is 6.54 Å². The van der Waals surface area contributed by atoms with Gasteiger partial charge in [0, 0.05) is 13.1 Å². The Morgan fingerprint density at radius 1 is 1.47 bits per heavy atom. The maximum absolute atomic E-state index is 13.0. The van der Waals surface area contributed by atoms with Gasteiger partial charge in [-0.25, -0.2) is 8.78 Å². The molecule has 0 saturated carbocycles. The summed E-state index contributed by atoms with van der Waals surface area (Å²) in [6.07, 6.45) is 6.61. The van der Waals surface area contributed by atoms with Gasteiger partial charge in [0.05, 0.1) is 6.54 Å². The van der Waals surface area contributed by atoms with E-state index in [1.807, 2.05) is 6.08 Å². The lowest BCUT2D eigenvalue weighted by molar-refractivity contribution is -0.0729. The zero-order chi connectivity index (χ0) is 10.9. The van der Waals surface area contributed by atoms with Crippen LogP contribution in [0.3, 0.4) is 0 Å². The molecule has 1 aliphatic carbocycles. The second-order valence-corrected chi connectivity index (χ2v) is 4.21. The van der Waals surface area contributed by atoms with Crippen LogP contribution >= 0.6 is 0 Å². The highest BCUT2D eigenvalue weighted by atomic mass is 19.3. The minimum Gasteiger partial charge on any atom is -0.385 e. The summed E-state index contributed by atoms with van der Waals surface area (Å²) in [5.41, 5.74) is 1.08. The van der Waals surface area contributed by atoms with Crippen LogP contribution < -0.4 is 0 Å². The molecule has 1 fully saturated rings. The molecule has 1 aliphatic heterocycles. The minimum absolute atomic E-state index is 0.0676. The average Bonchev–Trinajstić information content (AvgIpc) is 2.42. The summed E-state index contributed by atoms with van der Waals surface area (Å²) >= 11 is 0. The van der Waals surface area contributed by atoms with E-state index in [9.17, 15) is 8.78 Å². The Labute approximate surface area is 87.9 Å². The van der Waals surface area contributed by atoms with Gasteiger partial charge in [-0.2, -0.15) is 0 Å². The van der Waals surface area contributed by atoms with E-state index in [4.69, 9.17) is 5.11 Å². The van der Waals surface area contributed by atoms with Crippen molar-refractivity contribution < 1.29 is 13.9 Å². The molecule has 0 aromatic heterocycles. The summed E-state index contributed by atoms with van der Waals surface area (Å²) in [6.45, 7) is 0.251. The molecule has 0 bridgehead atoms. The molecular formula is C11H15F2NO. The van der Waals surface area contributed by atoms with Crippen LogP contribution in [0.15, 0.2) is 23.8 Å². The third kappa shape index (κ3) is 2.44. The molecular weight excluding hydrogens is 200 g/mol. The number of aliphatic hydroxyl groups is 1. The molecule has 15 heavy (non-hydrogen) atoms. The Morgan fingerprint density at radius 2 is 2.27 bits per heavy atom. The fourth-order valence-corrected chi connectivity index (χ4v) is 2.01. The second kappa shape index (κ2) is 4.02. The van der Waals surface area contributed by atoms with Crippen molar-refractivity contribution in [3.63, 3.8) is 0 Å². The number of β-amino-alcohol motifs (C(OH)–C–C–N with tert-alkyl or cyclic N) is 1. The van der Waals surface area contributed by atoms with E-state index < -0.39 is 12.0 Å². The zero-order valence-corrected chi connectivity index (χ0v) is 8.50. The lowest BCUT2D eigenvalue weighted by Crippen LogP contribution is -2.31. The first-order chi connectivity index (χ1) is 7.08. The van der Waals surface area contributed by atoms with Crippen molar-refractivity contribution in [2.24, 2.45) is 0 Å². The molecule has 2 nitrogen and oxygen atoms in total. The lowest BCUT2D eigenvalue weighted by Gasteiger charge is -2.16. The molecule has 1 atom stereocenters. The van der Waals surface area contributed by atoms with E-state index in [1.54, 1.807) is 4.90 Å². The smallest absolute Gasteiger partial charge is 0.287 e. The van der Waals surface area contributed by atoms with Gasteiger partial charge >= 0.3 is 0 Å². The Morgan fingerprint density at radius 3 is 2.80 bits per heavy atom. The fourth-order valence-electron chi connectivity index (χ4n) is 2.01. The highest BCUT2D eigenvalue weighted by molar-refractivity contribution is 5.24. The highest BCUT2D eigenvalue weighted by Gasteiger charge is 2.46. The maximum Gasteiger partial charge on any atom is 0.287 e. The summed E-state index contributed by atoms with van der Waals surface area (Å²) in [4.78, 5) is 1.60. The van der Waals surface area contributed by atoms with Crippen LogP contribution in [0.25, 0.3) is 0 Å². The van der Waals surface area contributed by atoms with Gasteiger partial charge in [0.1, 0.15) is 6.10 Å². The van der Waals surface area contributed by atoms with Crippen LogP contribution in [0.1, 0.15) is 12.8 Å². The van der Waals surface area contributed by atoms with E-state index in [-0.39, 0.29) is 13.1 Å². The summed E-state index contributed by atoms with van der Waals surface area (Å²) < 4.78 is 26.0. The van der Waals surface area contributed by atoms with Crippen molar-refractivity contribution in [2.75, 3.05) is 19.6 Å². The van der Waals surface area contributed by atoms with Crippen LogP contribution in [0.5, 0.6) is 0 Å². The third-order valence-corrected chi connectivity index (χ3v) is 2.83. The summed E-state index contributed by atoms with van der Waals surface area (Å²) in [5, 5.41) is 9.13. The molecule has 1 N–H and O–H groups in total. The van der Waals surface area contributed by atoms with Gasteiger partial charge in [-0.1, -0.05) is 18.2 Å². The lowest BCUT2D eigenvalue weighted by atomic mass is 10.1. The monoisotopic (exact) mass is 215 g/mol. The normalized spacial score (nSPS) is 30.6. The number of hydrogen-bond acceptors (Lipinski definition) is 2. The Hall–Kier alpha value is -0.740. The quantitative estimate of drug-likeness (QED) is 0.756. The standard InChI is InChI=1S/C11H15F2NO/c12-11(13)8-14(7-10(11)15)6-9-4-2-1-3-5-9/h2,4-5,10,15H,1,3,6-8H2.